The predicted octanol–water partition coefficient (Wildman–Crippen LogP) is 5.63. The van der Waals surface area contributed by atoms with Crippen molar-refractivity contribution in [1.29, 1.82) is 0 Å². The number of thiazole rings is 1. The molecule has 5 rings (SSSR count). The van der Waals surface area contributed by atoms with E-state index < -0.39 is 0 Å². The minimum atomic E-state index is -0.0569. The Labute approximate surface area is 190 Å². The molecular formula is C24H26ClN3O2S. The van der Waals surface area contributed by atoms with Gasteiger partial charge in [-0.05, 0) is 42.9 Å². The molecule has 0 bridgehead atoms. The van der Waals surface area contributed by atoms with E-state index in [1.165, 1.54) is 0 Å². The van der Waals surface area contributed by atoms with Crippen LogP contribution in [0.25, 0.3) is 10.9 Å². The minimum absolute atomic E-state index is 0.000402. The summed E-state index contributed by atoms with van der Waals surface area (Å²) in [5, 5.41) is 2.54. The van der Waals surface area contributed by atoms with Crippen LogP contribution in [0, 0.1) is 5.41 Å². The monoisotopic (exact) mass is 455 g/mol. The first-order valence-electron chi connectivity index (χ1n) is 10.7. The quantitative estimate of drug-likeness (QED) is 0.517. The average molecular weight is 456 g/mol. The third kappa shape index (κ3) is 3.60. The number of piperidine rings is 1. The molecule has 1 N–H and O–H groups in total. The molecular weight excluding hydrogens is 430 g/mol. The number of aromatic amines is 1. The number of Topliss-reactive ketones (excluding diaryl/α,β-unsaturated/α-hetero) is 1. The molecule has 2 aromatic heterocycles. The lowest BCUT2D eigenvalue weighted by atomic mass is 9.68. The largest absolute Gasteiger partial charge is 0.361 e. The number of benzene rings is 1. The van der Waals surface area contributed by atoms with Gasteiger partial charge < -0.3 is 9.88 Å². The van der Waals surface area contributed by atoms with Crippen LogP contribution in [0.1, 0.15) is 70.8 Å². The zero-order valence-electron chi connectivity index (χ0n) is 18.0. The Balaban J connectivity index is 1.35. The molecule has 0 saturated carbocycles. The normalized spacial score (nSPS) is 18.6. The Bertz CT molecular complexity index is 1200. The van der Waals surface area contributed by atoms with Gasteiger partial charge >= 0.3 is 0 Å². The lowest BCUT2D eigenvalue weighted by Crippen LogP contribution is -2.46. The summed E-state index contributed by atoms with van der Waals surface area (Å²) in [7, 11) is 0. The first-order chi connectivity index (χ1) is 14.7. The summed E-state index contributed by atoms with van der Waals surface area (Å²) in [5.41, 5.74) is 2.02. The number of carbonyl (C=O) groups excluding carboxylic acids is 2. The number of amides is 1. The maximum atomic E-state index is 13.3. The summed E-state index contributed by atoms with van der Waals surface area (Å²) in [6.07, 6.45) is 4.92. The Kier molecular flexibility index (Phi) is 4.79. The molecule has 7 heteroatoms. The number of aromatic nitrogens is 2. The van der Waals surface area contributed by atoms with E-state index in [1.54, 1.807) is 17.4 Å². The second kappa shape index (κ2) is 7.17. The summed E-state index contributed by atoms with van der Waals surface area (Å²) < 4.78 is 0. The topological polar surface area (TPSA) is 66.1 Å². The van der Waals surface area contributed by atoms with Crippen molar-refractivity contribution in [2.75, 3.05) is 13.1 Å². The van der Waals surface area contributed by atoms with E-state index in [2.05, 4.69) is 30.7 Å². The van der Waals surface area contributed by atoms with Crippen LogP contribution in [0.4, 0.5) is 0 Å². The van der Waals surface area contributed by atoms with Gasteiger partial charge in [-0.15, -0.1) is 11.3 Å². The maximum Gasteiger partial charge on any atom is 0.256 e. The van der Waals surface area contributed by atoms with Gasteiger partial charge in [0.2, 0.25) is 0 Å². The fourth-order valence-electron chi connectivity index (χ4n) is 4.85. The molecule has 1 aliphatic heterocycles. The number of hydrogen-bond donors (Lipinski definition) is 1. The molecule has 3 heterocycles. The Hall–Kier alpha value is -2.18. The summed E-state index contributed by atoms with van der Waals surface area (Å²) >= 11 is 7.94. The van der Waals surface area contributed by atoms with Crippen molar-refractivity contribution < 1.29 is 9.59 Å². The molecule has 162 valence electrons. The lowest BCUT2D eigenvalue weighted by molar-refractivity contribution is 0.0523. The zero-order chi connectivity index (χ0) is 22.0. The molecule has 5 nitrogen and oxygen atoms in total. The number of fused-ring (bicyclic) bond motifs is 2. The first kappa shape index (κ1) is 20.7. The SMILES string of the molecule is CC(C)(C)c1nc2c(s1)CC1(CCN(C(=O)c3cc(Cl)cc4cc[nH]c34)CC1)CC2=O. The third-order valence-corrected chi connectivity index (χ3v) is 8.34. The Morgan fingerprint density at radius 3 is 2.68 bits per heavy atom. The molecule has 31 heavy (non-hydrogen) atoms. The molecule has 0 unspecified atom stereocenters. The van der Waals surface area contributed by atoms with Crippen molar-refractivity contribution in [2.24, 2.45) is 5.41 Å². The van der Waals surface area contributed by atoms with Crippen molar-refractivity contribution in [3.63, 3.8) is 0 Å². The fraction of sp³-hybridized carbons (Fsp3) is 0.458. The number of likely N-dealkylation sites (tertiary alicyclic amines) is 1. The van der Waals surface area contributed by atoms with Gasteiger partial charge in [-0.3, -0.25) is 9.59 Å². The van der Waals surface area contributed by atoms with Crippen molar-refractivity contribution in [2.45, 2.75) is 51.9 Å². The number of carbonyl (C=O) groups is 2. The third-order valence-electron chi connectivity index (χ3n) is 6.64. The van der Waals surface area contributed by atoms with Crippen LogP contribution in [0.3, 0.4) is 0 Å². The number of H-pyrrole nitrogens is 1. The molecule has 2 aliphatic rings. The second-order valence-electron chi connectivity index (χ2n) is 10.0. The van der Waals surface area contributed by atoms with Crippen LogP contribution in [0.2, 0.25) is 5.02 Å². The number of ketones is 1. The van der Waals surface area contributed by atoms with E-state index >= 15 is 0 Å². The van der Waals surface area contributed by atoms with E-state index in [-0.39, 0.29) is 22.5 Å². The standard InChI is InChI=1S/C24H26ClN3O2S/c1-23(2,3)22-27-20-17(29)12-24(13-18(20)31-22)5-8-28(9-6-24)21(30)16-11-15(25)10-14-4-7-26-19(14)16/h4,7,10-11,26H,5-6,8-9,12-13H2,1-3H3. The fourth-order valence-corrected chi connectivity index (χ4v) is 6.39. The highest BCUT2D eigenvalue weighted by atomic mass is 35.5. The van der Waals surface area contributed by atoms with Crippen molar-refractivity contribution >= 4 is 45.5 Å². The molecule has 1 fully saturated rings. The molecule has 0 radical (unpaired) electrons. The molecule has 1 aromatic carbocycles. The van der Waals surface area contributed by atoms with Gasteiger partial charge in [-0.2, -0.15) is 0 Å². The molecule has 3 aromatic rings. The minimum Gasteiger partial charge on any atom is -0.361 e. The van der Waals surface area contributed by atoms with E-state index in [1.807, 2.05) is 23.2 Å². The smallest absolute Gasteiger partial charge is 0.256 e. The predicted molar refractivity (Wildman–Crippen MR) is 124 cm³/mol. The number of rotatable bonds is 1. The van der Waals surface area contributed by atoms with E-state index in [4.69, 9.17) is 11.6 Å². The average Bonchev–Trinajstić information content (AvgIpc) is 3.34. The Morgan fingerprint density at radius 1 is 1.23 bits per heavy atom. The van der Waals surface area contributed by atoms with Crippen LogP contribution in [-0.4, -0.2) is 39.6 Å². The molecule has 1 amide bonds. The van der Waals surface area contributed by atoms with Crippen LogP contribution in [0.5, 0.6) is 0 Å². The first-order valence-corrected chi connectivity index (χ1v) is 11.9. The van der Waals surface area contributed by atoms with Gasteiger partial charge in [-0.25, -0.2) is 4.98 Å². The summed E-state index contributed by atoms with van der Waals surface area (Å²) in [6.45, 7) is 7.72. The zero-order valence-corrected chi connectivity index (χ0v) is 19.6. The van der Waals surface area contributed by atoms with Crippen LogP contribution in [-0.2, 0) is 11.8 Å². The van der Waals surface area contributed by atoms with E-state index in [9.17, 15) is 9.59 Å². The number of nitrogens with zero attached hydrogens (tertiary/aromatic N) is 2. The van der Waals surface area contributed by atoms with Gasteiger partial charge in [-0.1, -0.05) is 32.4 Å². The van der Waals surface area contributed by atoms with Crippen LogP contribution in [0.15, 0.2) is 24.4 Å². The number of hydrogen-bond acceptors (Lipinski definition) is 4. The highest BCUT2D eigenvalue weighted by Crippen LogP contribution is 2.46. The van der Waals surface area contributed by atoms with Crippen molar-refractivity contribution in [1.82, 2.24) is 14.9 Å². The lowest BCUT2D eigenvalue weighted by Gasteiger charge is -2.43. The van der Waals surface area contributed by atoms with E-state index in [0.717, 1.165) is 40.1 Å². The van der Waals surface area contributed by atoms with Crippen LogP contribution >= 0.6 is 22.9 Å². The second-order valence-corrected chi connectivity index (χ2v) is 11.5. The Morgan fingerprint density at radius 2 is 1.97 bits per heavy atom. The number of halogens is 1. The highest BCUT2D eigenvalue weighted by molar-refractivity contribution is 7.12. The van der Waals surface area contributed by atoms with Gasteiger partial charge in [0.05, 0.1) is 16.1 Å². The summed E-state index contributed by atoms with van der Waals surface area (Å²) in [6, 6.07) is 5.53. The van der Waals surface area contributed by atoms with E-state index in [0.29, 0.717) is 35.8 Å². The van der Waals surface area contributed by atoms with Gasteiger partial charge in [0, 0.05) is 46.4 Å². The summed E-state index contributed by atoms with van der Waals surface area (Å²) in [5.74, 6) is 0.163. The molecule has 0 atom stereocenters. The molecule has 1 aliphatic carbocycles. The summed E-state index contributed by atoms with van der Waals surface area (Å²) in [4.78, 5) is 37.1. The van der Waals surface area contributed by atoms with Gasteiger partial charge in [0.1, 0.15) is 5.69 Å². The van der Waals surface area contributed by atoms with Gasteiger partial charge in [0.25, 0.3) is 5.91 Å². The molecule has 1 saturated heterocycles. The van der Waals surface area contributed by atoms with Gasteiger partial charge in [0.15, 0.2) is 5.78 Å². The van der Waals surface area contributed by atoms with Crippen LogP contribution < -0.4 is 0 Å². The molecule has 1 spiro atoms. The van der Waals surface area contributed by atoms with Crippen molar-refractivity contribution in [3.05, 3.63) is 50.6 Å². The number of nitrogens with one attached hydrogen (secondary N) is 1. The highest BCUT2D eigenvalue weighted by Gasteiger charge is 2.44. The maximum absolute atomic E-state index is 13.3. The van der Waals surface area contributed by atoms with Crippen molar-refractivity contribution in [3.8, 4) is 0 Å².